The number of alkyl halides is 3. The zero-order valence-corrected chi connectivity index (χ0v) is 12.7. The van der Waals surface area contributed by atoms with E-state index in [2.05, 4.69) is 0 Å². The first-order valence-electron chi connectivity index (χ1n) is 6.98. The fourth-order valence-electron chi connectivity index (χ4n) is 2.51. The Hall–Kier alpha value is -2.26. The van der Waals surface area contributed by atoms with Crippen LogP contribution in [0.1, 0.15) is 5.56 Å². The van der Waals surface area contributed by atoms with Crippen molar-refractivity contribution in [2.45, 2.75) is 6.18 Å². The topological polar surface area (TPSA) is 0 Å². The van der Waals surface area contributed by atoms with Crippen molar-refractivity contribution in [3.63, 3.8) is 0 Å². The van der Waals surface area contributed by atoms with Crippen LogP contribution in [0.5, 0.6) is 0 Å². The third-order valence-corrected chi connectivity index (χ3v) is 3.80. The molecule has 116 valence electrons. The lowest BCUT2D eigenvalue weighted by atomic mass is 9.94. The summed E-state index contributed by atoms with van der Waals surface area (Å²) in [7, 11) is 0. The second kappa shape index (κ2) is 6.09. The van der Waals surface area contributed by atoms with Gasteiger partial charge >= 0.3 is 6.18 Å². The fourth-order valence-corrected chi connectivity index (χ4v) is 2.70. The van der Waals surface area contributed by atoms with Gasteiger partial charge in [-0.15, -0.1) is 0 Å². The molecule has 0 aromatic heterocycles. The molecule has 0 aliphatic rings. The molecule has 4 heteroatoms. The van der Waals surface area contributed by atoms with Crippen LogP contribution >= 0.6 is 11.6 Å². The third kappa shape index (κ3) is 3.40. The summed E-state index contributed by atoms with van der Waals surface area (Å²) in [6.45, 7) is 0. The highest BCUT2D eigenvalue weighted by Gasteiger charge is 2.30. The fraction of sp³-hybridized carbons (Fsp3) is 0.0526. The molecule has 0 atom stereocenters. The van der Waals surface area contributed by atoms with Crippen molar-refractivity contribution in [1.82, 2.24) is 0 Å². The van der Waals surface area contributed by atoms with E-state index in [0.29, 0.717) is 10.6 Å². The van der Waals surface area contributed by atoms with Crippen molar-refractivity contribution in [2.75, 3.05) is 0 Å². The molecule has 23 heavy (non-hydrogen) atoms. The van der Waals surface area contributed by atoms with Crippen LogP contribution in [0.2, 0.25) is 5.02 Å². The van der Waals surface area contributed by atoms with E-state index in [0.717, 1.165) is 22.8 Å². The average molecular weight is 333 g/mol. The van der Waals surface area contributed by atoms with E-state index in [1.165, 1.54) is 12.1 Å². The minimum absolute atomic E-state index is 0.524. The van der Waals surface area contributed by atoms with Gasteiger partial charge in [0.2, 0.25) is 0 Å². The molecule has 0 N–H and O–H groups in total. The average Bonchev–Trinajstić information content (AvgIpc) is 2.54. The molecule has 3 rings (SSSR count). The second-order valence-corrected chi connectivity index (χ2v) is 5.57. The molecule has 0 aliphatic heterocycles. The molecule has 3 aromatic rings. The minimum Gasteiger partial charge on any atom is -0.166 e. The number of benzene rings is 3. The van der Waals surface area contributed by atoms with Crippen molar-refractivity contribution in [3.05, 3.63) is 83.4 Å². The molecule has 0 radical (unpaired) electrons. The number of halogens is 4. The van der Waals surface area contributed by atoms with Crippen molar-refractivity contribution >= 4 is 11.6 Å². The Morgan fingerprint density at radius 2 is 1.22 bits per heavy atom. The largest absolute Gasteiger partial charge is 0.416 e. The van der Waals surface area contributed by atoms with Gasteiger partial charge in [0.05, 0.1) is 5.56 Å². The van der Waals surface area contributed by atoms with Crippen LogP contribution in [0.25, 0.3) is 22.3 Å². The van der Waals surface area contributed by atoms with Gasteiger partial charge in [0.15, 0.2) is 0 Å². The summed E-state index contributed by atoms with van der Waals surface area (Å²) >= 11 is 6.03. The monoisotopic (exact) mass is 332 g/mol. The third-order valence-electron chi connectivity index (χ3n) is 3.56. The summed E-state index contributed by atoms with van der Waals surface area (Å²) in [4.78, 5) is 0. The maximum atomic E-state index is 12.9. The van der Waals surface area contributed by atoms with Crippen molar-refractivity contribution < 1.29 is 13.2 Å². The van der Waals surface area contributed by atoms with Crippen LogP contribution in [-0.4, -0.2) is 0 Å². The maximum Gasteiger partial charge on any atom is 0.416 e. The van der Waals surface area contributed by atoms with E-state index in [4.69, 9.17) is 11.6 Å². The van der Waals surface area contributed by atoms with E-state index < -0.39 is 11.7 Å². The van der Waals surface area contributed by atoms with Crippen LogP contribution in [-0.2, 0) is 6.18 Å². The van der Waals surface area contributed by atoms with Crippen LogP contribution in [0, 0.1) is 0 Å². The molecule has 0 spiro atoms. The summed E-state index contributed by atoms with van der Waals surface area (Å²) in [5.74, 6) is 0. The predicted octanol–water partition coefficient (Wildman–Crippen LogP) is 6.69. The highest BCUT2D eigenvalue weighted by Crippen LogP contribution is 2.36. The molecule has 0 heterocycles. The highest BCUT2D eigenvalue weighted by molar-refractivity contribution is 6.30. The van der Waals surface area contributed by atoms with Gasteiger partial charge in [-0.25, -0.2) is 0 Å². The molecule has 0 nitrogen and oxygen atoms in total. The number of hydrogen-bond donors (Lipinski definition) is 0. The van der Waals surface area contributed by atoms with E-state index in [1.807, 2.05) is 36.4 Å². The summed E-state index contributed by atoms with van der Waals surface area (Å²) < 4.78 is 38.8. The van der Waals surface area contributed by atoms with Crippen LogP contribution in [0.4, 0.5) is 13.2 Å². The zero-order valence-electron chi connectivity index (χ0n) is 11.9. The molecular weight excluding hydrogens is 321 g/mol. The molecule has 0 saturated carbocycles. The smallest absolute Gasteiger partial charge is 0.166 e. The molecule has 0 fully saturated rings. The first kappa shape index (κ1) is 15.6. The van der Waals surface area contributed by atoms with E-state index in [9.17, 15) is 13.2 Å². The highest BCUT2D eigenvalue weighted by atomic mass is 35.5. The van der Waals surface area contributed by atoms with Crippen molar-refractivity contribution in [1.29, 1.82) is 0 Å². The van der Waals surface area contributed by atoms with Gasteiger partial charge in [-0.05, 0) is 46.5 Å². The molecular formula is C19H12ClF3. The number of hydrogen-bond acceptors (Lipinski definition) is 0. The Balaban J connectivity index is 2.15. The maximum absolute atomic E-state index is 12.9. The van der Waals surface area contributed by atoms with E-state index >= 15 is 0 Å². The molecule has 0 aliphatic carbocycles. The Bertz CT molecular complexity index is 838. The summed E-state index contributed by atoms with van der Waals surface area (Å²) in [5.41, 5.74) is 2.31. The summed E-state index contributed by atoms with van der Waals surface area (Å²) in [6.07, 6.45) is -4.36. The first-order chi connectivity index (χ1) is 10.9. The molecule has 0 amide bonds. The van der Waals surface area contributed by atoms with Gasteiger partial charge in [-0.1, -0.05) is 60.1 Å². The van der Waals surface area contributed by atoms with Crippen LogP contribution in [0.15, 0.2) is 72.8 Å². The van der Waals surface area contributed by atoms with E-state index in [-0.39, 0.29) is 0 Å². The van der Waals surface area contributed by atoms with Crippen LogP contribution < -0.4 is 0 Å². The molecule has 3 aromatic carbocycles. The van der Waals surface area contributed by atoms with Crippen molar-refractivity contribution in [2.24, 2.45) is 0 Å². The van der Waals surface area contributed by atoms with Gasteiger partial charge in [-0.2, -0.15) is 13.2 Å². The standard InChI is InChI=1S/C19H12ClF3/c20-16-8-4-6-14(12-16)18-10-2-1-9-17(18)13-5-3-7-15(11-13)19(21,22)23/h1-12H. The Morgan fingerprint density at radius 1 is 0.652 bits per heavy atom. The SMILES string of the molecule is FC(F)(F)c1cccc(-c2ccccc2-c2cccc(Cl)c2)c1. The Labute approximate surface area is 137 Å². The van der Waals surface area contributed by atoms with Gasteiger partial charge in [0.1, 0.15) is 0 Å². The van der Waals surface area contributed by atoms with Gasteiger partial charge in [0, 0.05) is 5.02 Å². The minimum atomic E-state index is -4.36. The lowest BCUT2D eigenvalue weighted by molar-refractivity contribution is -0.137. The predicted molar refractivity (Wildman–Crippen MR) is 87.3 cm³/mol. The normalized spacial score (nSPS) is 11.5. The van der Waals surface area contributed by atoms with E-state index in [1.54, 1.807) is 18.2 Å². The quantitative estimate of drug-likeness (QED) is 0.490. The first-order valence-corrected chi connectivity index (χ1v) is 7.35. The van der Waals surface area contributed by atoms with Crippen LogP contribution in [0.3, 0.4) is 0 Å². The lowest BCUT2D eigenvalue weighted by Gasteiger charge is -2.13. The lowest BCUT2D eigenvalue weighted by Crippen LogP contribution is -2.04. The van der Waals surface area contributed by atoms with Gasteiger partial charge < -0.3 is 0 Å². The van der Waals surface area contributed by atoms with Gasteiger partial charge in [-0.3, -0.25) is 0 Å². The zero-order chi connectivity index (χ0) is 16.4. The summed E-state index contributed by atoms with van der Waals surface area (Å²) in [5, 5.41) is 0.585. The second-order valence-electron chi connectivity index (χ2n) is 5.13. The van der Waals surface area contributed by atoms with Gasteiger partial charge in [0.25, 0.3) is 0 Å². The molecule has 0 saturated heterocycles. The summed E-state index contributed by atoms with van der Waals surface area (Å²) in [6, 6.07) is 20.0. The Kier molecular flexibility index (Phi) is 4.14. The Morgan fingerprint density at radius 3 is 1.78 bits per heavy atom. The number of rotatable bonds is 2. The molecule has 0 bridgehead atoms. The molecule has 0 unspecified atom stereocenters. The van der Waals surface area contributed by atoms with Crippen molar-refractivity contribution in [3.8, 4) is 22.3 Å².